The Hall–Kier alpha value is -2.88. The standard InChI is InChI=1S/C17H15N3O/c1-12-11-18-20-16(12)19-17(21)15-9-7-14(8-10-15)13-5-3-2-4-6-13/h2-11H,1H3,(H2,18,19,20,21). The SMILES string of the molecule is Cc1cn[nH]c1NC(=O)c1ccc(-c2ccccc2)cc1. The lowest BCUT2D eigenvalue weighted by atomic mass is 10.0. The van der Waals surface area contributed by atoms with E-state index in [9.17, 15) is 4.79 Å². The fourth-order valence-electron chi connectivity index (χ4n) is 2.10. The van der Waals surface area contributed by atoms with E-state index in [1.54, 1.807) is 6.20 Å². The summed E-state index contributed by atoms with van der Waals surface area (Å²) in [7, 11) is 0. The molecule has 3 rings (SSSR count). The van der Waals surface area contributed by atoms with Crippen LogP contribution in [-0.2, 0) is 0 Å². The number of H-pyrrole nitrogens is 1. The number of amides is 1. The highest BCUT2D eigenvalue weighted by atomic mass is 16.1. The molecule has 0 unspecified atom stereocenters. The van der Waals surface area contributed by atoms with Crippen LogP contribution < -0.4 is 5.32 Å². The number of anilines is 1. The van der Waals surface area contributed by atoms with Crippen molar-refractivity contribution in [1.82, 2.24) is 10.2 Å². The first kappa shape index (κ1) is 13.1. The Bertz CT molecular complexity index is 745. The zero-order chi connectivity index (χ0) is 14.7. The molecule has 0 fully saturated rings. The summed E-state index contributed by atoms with van der Waals surface area (Å²) in [5.74, 6) is 0.481. The molecule has 0 aliphatic rings. The molecular formula is C17H15N3O. The Morgan fingerprint density at radius 2 is 1.67 bits per heavy atom. The first-order chi connectivity index (χ1) is 10.2. The highest BCUT2D eigenvalue weighted by Crippen LogP contribution is 2.19. The second kappa shape index (κ2) is 5.63. The lowest BCUT2D eigenvalue weighted by molar-refractivity contribution is 0.102. The molecule has 0 bridgehead atoms. The Morgan fingerprint density at radius 3 is 2.29 bits per heavy atom. The van der Waals surface area contributed by atoms with Crippen LogP contribution in [0, 0.1) is 6.92 Å². The van der Waals surface area contributed by atoms with E-state index in [0.717, 1.165) is 16.7 Å². The van der Waals surface area contributed by atoms with E-state index < -0.39 is 0 Å². The van der Waals surface area contributed by atoms with Crippen LogP contribution in [0.1, 0.15) is 15.9 Å². The van der Waals surface area contributed by atoms with E-state index >= 15 is 0 Å². The van der Waals surface area contributed by atoms with Crippen molar-refractivity contribution in [2.75, 3.05) is 5.32 Å². The Morgan fingerprint density at radius 1 is 1.00 bits per heavy atom. The summed E-state index contributed by atoms with van der Waals surface area (Å²) in [6, 6.07) is 17.6. The predicted molar refractivity (Wildman–Crippen MR) is 83.2 cm³/mol. The van der Waals surface area contributed by atoms with Gasteiger partial charge in [0.25, 0.3) is 5.91 Å². The maximum Gasteiger partial charge on any atom is 0.256 e. The topological polar surface area (TPSA) is 57.8 Å². The van der Waals surface area contributed by atoms with E-state index in [4.69, 9.17) is 0 Å². The van der Waals surface area contributed by atoms with Crippen LogP contribution in [0.15, 0.2) is 60.8 Å². The molecule has 0 saturated carbocycles. The third-order valence-electron chi connectivity index (χ3n) is 3.32. The molecule has 0 saturated heterocycles. The molecule has 0 aliphatic carbocycles. The average Bonchev–Trinajstić information content (AvgIpc) is 2.93. The maximum absolute atomic E-state index is 12.2. The van der Waals surface area contributed by atoms with Crippen molar-refractivity contribution in [1.29, 1.82) is 0 Å². The third-order valence-corrected chi connectivity index (χ3v) is 3.32. The lowest BCUT2D eigenvalue weighted by Crippen LogP contribution is -2.12. The Balaban J connectivity index is 1.78. The van der Waals surface area contributed by atoms with Gasteiger partial charge in [-0.25, -0.2) is 0 Å². The molecule has 1 aromatic heterocycles. The van der Waals surface area contributed by atoms with Gasteiger partial charge in [0.1, 0.15) is 5.82 Å². The van der Waals surface area contributed by atoms with Crippen LogP contribution in [0.4, 0.5) is 5.82 Å². The van der Waals surface area contributed by atoms with Crippen molar-refractivity contribution in [3.63, 3.8) is 0 Å². The summed E-state index contributed by atoms with van der Waals surface area (Å²) >= 11 is 0. The number of rotatable bonds is 3. The third kappa shape index (κ3) is 2.84. The minimum atomic E-state index is -0.151. The molecule has 1 heterocycles. The van der Waals surface area contributed by atoms with Gasteiger partial charge < -0.3 is 5.32 Å². The molecule has 1 amide bonds. The number of hydrogen-bond acceptors (Lipinski definition) is 2. The molecule has 3 aromatic rings. The molecule has 0 aliphatic heterocycles. The van der Waals surface area contributed by atoms with Crippen LogP contribution in [0.25, 0.3) is 11.1 Å². The second-order valence-corrected chi connectivity index (χ2v) is 4.83. The van der Waals surface area contributed by atoms with Crippen molar-refractivity contribution in [2.45, 2.75) is 6.92 Å². The first-order valence-electron chi connectivity index (χ1n) is 6.71. The van der Waals surface area contributed by atoms with Crippen LogP contribution in [0.5, 0.6) is 0 Å². The highest BCUT2D eigenvalue weighted by Gasteiger charge is 2.09. The van der Waals surface area contributed by atoms with Gasteiger partial charge in [-0.1, -0.05) is 42.5 Å². The summed E-state index contributed by atoms with van der Waals surface area (Å²) in [5, 5.41) is 9.45. The second-order valence-electron chi connectivity index (χ2n) is 4.83. The van der Waals surface area contributed by atoms with Crippen molar-refractivity contribution < 1.29 is 4.79 Å². The zero-order valence-electron chi connectivity index (χ0n) is 11.6. The van der Waals surface area contributed by atoms with Crippen molar-refractivity contribution in [3.05, 3.63) is 71.9 Å². The molecule has 104 valence electrons. The largest absolute Gasteiger partial charge is 0.307 e. The van der Waals surface area contributed by atoms with Gasteiger partial charge in [-0.05, 0) is 30.2 Å². The van der Waals surface area contributed by atoms with Crippen LogP contribution in [-0.4, -0.2) is 16.1 Å². The quantitative estimate of drug-likeness (QED) is 0.768. The summed E-state index contributed by atoms with van der Waals surface area (Å²) in [5.41, 5.74) is 3.74. The molecule has 2 aromatic carbocycles. The Labute approximate surface area is 122 Å². The molecule has 4 heteroatoms. The normalized spacial score (nSPS) is 10.3. The number of aryl methyl sites for hydroxylation is 1. The highest BCUT2D eigenvalue weighted by molar-refractivity contribution is 6.04. The van der Waals surface area contributed by atoms with Gasteiger partial charge in [0, 0.05) is 11.1 Å². The molecule has 0 radical (unpaired) electrons. The number of carbonyl (C=O) groups is 1. The minimum Gasteiger partial charge on any atom is -0.307 e. The number of carbonyl (C=O) groups excluding carboxylic acids is 1. The Kier molecular flexibility index (Phi) is 3.51. The summed E-state index contributed by atoms with van der Waals surface area (Å²) in [6.07, 6.45) is 1.67. The molecule has 2 N–H and O–H groups in total. The minimum absolute atomic E-state index is 0.151. The number of aromatic amines is 1. The lowest BCUT2D eigenvalue weighted by Gasteiger charge is -2.05. The number of benzene rings is 2. The van der Waals surface area contributed by atoms with E-state index in [0.29, 0.717) is 11.4 Å². The molecule has 4 nitrogen and oxygen atoms in total. The van der Waals surface area contributed by atoms with Gasteiger partial charge in [0.15, 0.2) is 0 Å². The summed E-state index contributed by atoms with van der Waals surface area (Å²) < 4.78 is 0. The number of hydrogen-bond donors (Lipinski definition) is 2. The van der Waals surface area contributed by atoms with Crippen LogP contribution in [0.3, 0.4) is 0 Å². The fourth-order valence-corrected chi connectivity index (χ4v) is 2.10. The van der Waals surface area contributed by atoms with Gasteiger partial charge in [-0.3, -0.25) is 9.89 Å². The summed E-state index contributed by atoms with van der Waals surface area (Å²) in [6.45, 7) is 1.89. The van der Waals surface area contributed by atoms with E-state index in [2.05, 4.69) is 15.5 Å². The number of nitrogens with zero attached hydrogens (tertiary/aromatic N) is 1. The zero-order valence-corrected chi connectivity index (χ0v) is 11.6. The van der Waals surface area contributed by atoms with Gasteiger partial charge >= 0.3 is 0 Å². The monoisotopic (exact) mass is 277 g/mol. The van der Waals surface area contributed by atoms with Gasteiger partial charge in [0.05, 0.1) is 6.20 Å². The molecule has 0 atom stereocenters. The first-order valence-corrected chi connectivity index (χ1v) is 6.71. The average molecular weight is 277 g/mol. The van der Waals surface area contributed by atoms with E-state index in [-0.39, 0.29) is 5.91 Å². The smallest absolute Gasteiger partial charge is 0.256 e. The van der Waals surface area contributed by atoms with Crippen LogP contribution >= 0.6 is 0 Å². The molecular weight excluding hydrogens is 262 g/mol. The van der Waals surface area contributed by atoms with Crippen molar-refractivity contribution in [3.8, 4) is 11.1 Å². The van der Waals surface area contributed by atoms with Gasteiger partial charge in [0.2, 0.25) is 0 Å². The van der Waals surface area contributed by atoms with E-state index in [1.807, 2.05) is 61.5 Å². The predicted octanol–water partition coefficient (Wildman–Crippen LogP) is 3.64. The van der Waals surface area contributed by atoms with Crippen molar-refractivity contribution in [2.24, 2.45) is 0 Å². The van der Waals surface area contributed by atoms with Crippen LogP contribution in [0.2, 0.25) is 0 Å². The van der Waals surface area contributed by atoms with E-state index in [1.165, 1.54) is 0 Å². The summed E-state index contributed by atoms with van der Waals surface area (Å²) in [4.78, 5) is 12.2. The van der Waals surface area contributed by atoms with Gasteiger partial charge in [-0.2, -0.15) is 5.10 Å². The number of aromatic nitrogens is 2. The maximum atomic E-state index is 12.2. The van der Waals surface area contributed by atoms with Crippen molar-refractivity contribution >= 4 is 11.7 Å². The van der Waals surface area contributed by atoms with Gasteiger partial charge in [-0.15, -0.1) is 0 Å². The number of nitrogens with one attached hydrogen (secondary N) is 2. The molecule has 21 heavy (non-hydrogen) atoms. The fraction of sp³-hybridized carbons (Fsp3) is 0.0588. The molecule has 0 spiro atoms.